The highest BCUT2D eigenvalue weighted by atomic mass is 16.7. The van der Waals surface area contributed by atoms with E-state index in [0.29, 0.717) is 25.3 Å². The Bertz CT molecular complexity index is 1600. The average molecular weight is 611 g/mol. The molecule has 1 spiro atoms. The SMILES string of the molecule is O=C(NCc1ccc([C@@H]2O[C@H](CN3CCC4(CC3)OCCO4)C[C@H](c3ccc(CO)cc3)O2)cc1)c1cnc2ccccc2n1. The second kappa shape index (κ2) is 13.3. The third kappa shape index (κ3) is 6.91. The number of hydrogen-bond donors (Lipinski definition) is 2. The van der Waals surface area contributed by atoms with Gasteiger partial charge in [-0.1, -0.05) is 60.7 Å². The number of rotatable bonds is 8. The largest absolute Gasteiger partial charge is 0.392 e. The molecular weight excluding hydrogens is 572 g/mol. The Kier molecular flexibility index (Phi) is 8.84. The second-order valence-electron chi connectivity index (χ2n) is 11.9. The molecule has 45 heavy (non-hydrogen) atoms. The number of nitrogens with one attached hydrogen (secondary N) is 1. The van der Waals surface area contributed by atoms with E-state index < -0.39 is 12.1 Å². The van der Waals surface area contributed by atoms with E-state index in [9.17, 15) is 9.90 Å². The number of ether oxygens (including phenoxy) is 4. The molecule has 0 saturated carbocycles. The minimum atomic E-state index is -0.541. The first-order valence-electron chi connectivity index (χ1n) is 15.7. The van der Waals surface area contributed by atoms with Crippen LogP contribution in [0.1, 0.15) is 64.4 Å². The van der Waals surface area contributed by atoms with Crippen molar-refractivity contribution in [3.05, 3.63) is 107 Å². The zero-order valence-corrected chi connectivity index (χ0v) is 25.1. The average Bonchev–Trinajstić information content (AvgIpc) is 3.56. The fraction of sp³-hybridized carbons (Fsp3) is 0.400. The molecule has 3 aliphatic heterocycles. The van der Waals surface area contributed by atoms with Crippen LogP contribution in [0.5, 0.6) is 0 Å². The molecule has 7 rings (SSSR count). The number of para-hydroxylation sites is 2. The zero-order chi connectivity index (χ0) is 30.6. The van der Waals surface area contributed by atoms with Crippen molar-refractivity contribution < 1.29 is 28.8 Å². The number of likely N-dealkylation sites (tertiary alicyclic amines) is 1. The highest BCUT2D eigenvalue weighted by molar-refractivity contribution is 5.93. The molecule has 1 aromatic heterocycles. The number of hydrogen-bond acceptors (Lipinski definition) is 9. The first kappa shape index (κ1) is 29.9. The van der Waals surface area contributed by atoms with Gasteiger partial charge in [-0.3, -0.25) is 9.78 Å². The lowest BCUT2D eigenvalue weighted by Gasteiger charge is -2.41. The number of piperidine rings is 1. The van der Waals surface area contributed by atoms with Gasteiger partial charge in [0.25, 0.3) is 5.91 Å². The van der Waals surface area contributed by atoms with Crippen LogP contribution in [0.2, 0.25) is 0 Å². The molecule has 234 valence electrons. The molecule has 3 fully saturated rings. The predicted molar refractivity (Wildman–Crippen MR) is 166 cm³/mol. The van der Waals surface area contributed by atoms with Crippen LogP contribution in [-0.2, 0) is 32.1 Å². The summed E-state index contributed by atoms with van der Waals surface area (Å²) >= 11 is 0. The molecule has 3 saturated heterocycles. The number of fused-ring (bicyclic) bond motifs is 1. The third-order valence-corrected chi connectivity index (χ3v) is 8.89. The molecule has 3 aromatic carbocycles. The van der Waals surface area contributed by atoms with E-state index in [-0.39, 0.29) is 30.4 Å². The Labute approximate surface area is 262 Å². The van der Waals surface area contributed by atoms with Gasteiger partial charge in [0.2, 0.25) is 0 Å². The summed E-state index contributed by atoms with van der Waals surface area (Å²) in [6, 6.07) is 23.4. The molecule has 0 unspecified atom stereocenters. The van der Waals surface area contributed by atoms with E-state index >= 15 is 0 Å². The Balaban J connectivity index is 1.01. The first-order chi connectivity index (χ1) is 22.1. The minimum Gasteiger partial charge on any atom is -0.392 e. The van der Waals surface area contributed by atoms with Gasteiger partial charge in [-0.15, -0.1) is 0 Å². The van der Waals surface area contributed by atoms with E-state index in [1.54, 1.807) is 0 Å². The van der Waals surface area contributed by atoms with Crippen molar-refractivity contribution >= 4 is 16.9 Å². The molecule has 0 bridgehead atoms. The van der Waals surface area contributed by atoms with Crippen molar-refractivity contribution in [1.29, 1.82) is 0 Å². The number of aromatic nitrogens is 2. The van der Waals surface area contributed by atoms with Crippen molar-refractivity contribution in [1.82, 2.24) is 20.2 Å². The standard InChI is InChI=1S/C35H38N4O6/c40-23-25-7-9-26(10-8-25)32-19-28(22-39-15-13-35(14-16-39)42-17-18-43-35)44-34(45-32)27-11-5-24(6-12-27)20-37-33(41)31-21-36-29-3-1-2-4-30(29)38-31/h1-12,21,28,32,34,40H,13-20,22-23H2,(H,37,41)/t28-,32+,34+/m0/s1. The van der Waals surface area contributed by atoms with Crippen molar-refractivity contribution in [2.45, 2.75) is 56.7 Å². The Morgan fingerprint density at radius 2 is 1.58 bits per heavy atom. The number of aliphatic hydroxyl groups excluding tert-OH is 1. The molecule has 4 heterocycles. The summed E-state index contributed by atoms with van der Waals surface area (Å²) in [7, 11) is 0. The molecule has 10 heteroatoms. The summed E-state index contributed by atoms with van der Waals surface area (Å²) in [6.07, 6.45) is 3.22. The van der Waals surface area contributed by atoms with E-state index in [2.05, 4.69) is 20.2 Å². The minimum absolute atomic E-state index is 0.00645. The van der Waals surface area contributed by atoms with Gasteiger partial charge in [-0.25, -0.2) is 4.98 Å². The normalized spacial score (nSPS) is 23.4. The fourth-order valence-electron chi connectivity index (χ4n) is 6.32. The maximum atomic E-state index is 12.8. The lowest BCUT2D eigenvalue weighted by molar-refractivity contribution is -0.255. The summed E-state index contributed by atoms with van der Waals surface area (Å²) in [4.78, 5) is 24.0. The monoisotopic (exact) mass is 610 g/mol. The van der Waals surface area contributed by atoms with Gasteiger partial charge in [0.1, 0.15) is 5.69 Å². The topological polar surface area (TPSA) is 115 Å². The Hall–Kier alpha value is -3.77. The van der Waals surface area contributed by atoms with Gasteiger partial charge in [0.05, 0.1) is 49.3 Å². The molecule has 2 N–H and O–H groups in total. The predicted octanol–water partition coefficient (Wildman–Crippen LogP) is 4.44. The van der Waals surface area contributed by atoms with Crippen molar-refractivity contribution in [3.63, 3.8) is 0 Å². The van der Waals surface area contributed by atoms with Crippen molar-refractivity contribution in [3.8, 4) is 0 Å². The summed E-state index contributed by atoms with van der Waals surface area (Å²) in [5.41, 5.74) is 5.51. The molecule has 0 aliphatic carbocycles. The van der Waals surface area contributed by atoms with Crippen LogP contribution in [0.4, 0.5) is 0 Å². The van der Waals surface area contributed by atoms with Crippen LogP contribution in [-0.4, -0.2) is 70.6 Å². The maximum Gasteiger partial charge on any atom is 0.271 e. The van der Waals surface area contributed by atoms with Crippen LogP contribution < -0.4 is 5.32 Å². The summed E-state index contributed by atoms with van der Waals surface area (Å²) < 4.78 is 24.9. The van der Waals surface area contributed by atoms with Crippen LogP contribution in [0.3, 0.4) is 0 Å². The number of nitrogens with zero attached hydrogens (tertiary/aromatic N) is 3. The van der Waals surface area contributed by atoms with E-state index in [1.807, 2.05) is 72.8 Å². The van der Waals surface area contributed by atoms with Gasteiger partial charge in [-0.05, 0) is 28.8 Å². The van der Waals surface area contributed by atoms with Gasteiger partial charge in [0.15, 0.2) is 12.1 Å². The Morgan fingerprint density at radius 1 is 0.889 bits per heavy atom. The number of benzene rings is 3. The van der Waals surface area contributed by atoms with E-state index in [4.69, 9.17) is 18.9 Å². The van der Waals surface area contributed by atoms with Gasteiger partial charge in [-0.2, -0.15) is 0 Å². The molecule has 1 amide bonds. The highest BCUT2D eigenvalue weighted by Crippen LogP contribution is 2.39. The molecule has 3 atom stereocenters. The van der Waals surface area contributed by atoms with Crippen LogP contribution in [0.15, 0.2) is 79.0 Å². The van der Waals surface area contributed by atoms with Gasteiger partial charge in [0, 0.05) is 51.0 Å². The van der Waals surface area contributed by atoms with Gasteiger partial charge >= 0.3 is 0 Å². The van der Waals surface area contributed by atoms with Crippen LogP contribution in [0.25, 0.3) is 11.0 Å². The highest BCUT2D eigenvalue weighted by Gasteiger charge is 2.41. The van der Waals surface area contributed by atoms with Crippen molar-refractivity contribution in [2.75, 3.05) is 32.8 Å². The lowest BCUT2D eigenvalue weighted by atomic mass is 9.98. The quantitative estimate of drug-likeness (QED) is 0.299. The number of aliphatic hydroxyl groups is 1. The Morgan fingerprint density at radius 3 is 2.31 bits per heavy atom. The first-order valence-corrected chi connectivity index (χ1v) is 15.7. The molecule has 10 nitrogen and oxygen atoms in total. The van der Waals surface area contributed by atoms with Gasteiger partial charge < -0.3 is 34.3 Å². The summed E-state index contributed by atoms with van der Waals surface area (Å²) in [6.45, 7) is 4.29. The van der Waals surface area contributed by atoms with Crippen LogP contribution in [0, 0.1) is 0 Å². The van der Waals surface area contributed by atoms with E-state index in [1.165, 1.54) is 6.20 Å². The smallest absolute Gasteiger partial charge is 0.271 e. The second-order valence-corrected chi connectivity index (χ2v) is 11.9. The lowest BCUT2D eigenvalue weighted by Crippen LogP contribution is -2.48. The molecule has 0 radical (unpaired) electrons. The van der Waals surface area contributed by atoms with Crippen LogP contribution >= 0.6 is 0 Å². The van der Waals surface area contributed by atoms with Crippen molar-refractivity contribution in [2.24, 2.45) is 0 Å². The number of amides is 1. The molecule has 4 aromatic rings. The number of carbonyl (C=O) groups excluding carboxylic acids is 1. The molecule has 3 aliphatic rings. The fourth-order valence-corrected chi connectivity index (χ4v) is 6.32. The molecular formula is C35H38N4O6. The summed E-state index contributed by atoms with van der Waals surface area (Å²) in [5.74, 6) is -0.680. The third-order valence-electron chi connectivity index (χ3n) is 8.89. The summed E-state index contributed by atoms with van der Waals surface area (Å²) in [5, 5.41) is 12.5. The number of carbonyl (C=O) groups is 1. The zero-order valence-electron chi connectivity index (χ0n) is 25.1. The van der Waals surface area contributed by atoms with E-state index in [0.717, 1.165) is 66.7 Å². The maximum absolute atomic E-state index is 12.8.